The molecule has 9 heteroatoms. The molecule has 6 rings (SSSR count). The van der Waals surface area contributed by atoms with Crippen molar-refractivity contribution in [3.63, 3.8) is 0 Å². The van der Waals surface area contributed by atoms with Gasteiger partial charge >= 0.3 is 0 Å². The van der Waals surface area contributed by atoms with Crippen LogP contribution in [0.5, 0.6) is 0 Å². The van der Waals surface area contributed by atoms with Gasteiger partial charge in [0.1, 0.15) is 11.3 Å². The Balaban J connectivity index is 1.18. The number of benzene rings is 1. The summed E-state index contributed by atoms with van der Waals surface area (Å²) in [5.41, 5.74) is 5.65. The van der Waals surface area contributed by atoms with Crippen molar-refractivity contribution in [3.05, 3.63) is 65.3 Å². The van der Waals surface area contributed by atoms with Crippen LogP contribution in [-0.2, 0) is 13.1 Å². The summed E-state index contributed by atoms with van der Waals surface area (Å²) in [5.74, 6) is 0.864. The number of halogens is 1. The van der Waals surface area contributed by atoms with E-state index in [2.05, 4.69) is 54.8 Å². The van der Waals surface area contributed by atoms with Crippen molar-refractivity contribution in [1.82, 2.24) is 39.9 Å². The standard InChI is InChI=1S/C23H23ClN8/c24-20-6-5-18(19-10-26-29-23(19)20)21-14-32(30-28-21)13-17-12-31-11-16(4-7-22(31)27-17)9-25-8-15-2-1-3-15/h4-7,10-12,14-15,25H,1-3,8-9,13H2,(H,26,29). The second-order valence-corrected chi connectivity index (χ2v) is 8.93. The van der Waals surface area contributed by atoms with Crippen LogP contribution in [0.3, 0.4) is 0 Å². The average Bonchev–Trinajstić information content (AvgIpc) is 3.50. The highest BCUT2D eigenvalue weighted by molar-refractivity contribution is 6.35. The van der Waals surface area contributed by atoms with E-state index < -0.39 is 0 Å². The predicted octanol–water partition coefficient (Wildman–Crippen LogP) is 4.06. The van der Waals surface area contributed by atoms with Gasteiger partial charge in [0, 0.05) is 29.9 Å². The van der Waals surface area contributed by atoms with Gasteiger partial charge in [0.2, 0.25) is 0 Å². The van der Waals surface area contributed by atoms with E-state index in [1.54, 1.807) is 10.9 Å². The van der Waals surface area contributed by atoms with Gasteiger partial charge in [0.25, 0.3) is 0 Å². The smallest absolute Gasteiger partial charge is 0.137 e. The Bertz CT molecular complexity index is 1390. The van der Waals surface area contributed by atoms with Crippen molar-refractivity contribution in [2.75, 3.05) is 6.54 Å². The van der Waals surface area contributed by atoms with Gasteiger partial charge in [0.15, 0.2) is 0 Å². The molecular formula is C23H23ClN8. The summed E-state index contributed by atoms with van der Waals surface area (Å²) in [6.07, 6.45) is 12.0. The van der Waals surface area contributed by atoms with Crippen LogP contribution in [0.25, 0.3) is 27.8 Å². The fourth-order valence-electron chi connectivity index (χ4n) is 4.28. The van der Waals surface area contributed by atoms with Crippen LogP contribution < -0.4 is 5.32 Å². The van der Waals surface area contributed by atoms with E-state index in [9.17, 15) is 0 Å². The largest absolute Gasteiger partial charge is 0.312 e. The first kappa shape index (κ1) is 19.5. The molecule has 32 heavy (non-hydrogen) atoms. The van der Waals surface area contributed by atoms with Crippen molar-refractivity contribution in [2.24, 2.45) is 5.92 Å². The fourth-order valence-corrected chi connectivity index (χ4v) is 4.49. The minimum Gasteiger partial charge on any atom is -0.312 e. The molecule has 0 bridgehead atoms. The number of aromatic amines is 1. The summed E-state index contributed by atoms with van der Waals surface area (Å²) in [7, 11) is 0. The number of nitrogens with zero attached hydrogens (tertiary/aromatic N) is 6. The second-order valence-electron chi connectivity index (χ2n) is 8.52. The average molecular weight is 447 g/mol. The number of H-pyrrole nitrogens is 1. The number of imidazole rings is 1. The summed E-state index contributed by atoms with van der Waals surface area (Å²) in [6, 6.07) is 8.00. The van der Waals surface area contributed by atoms with Gasteiger partial charge in [-0.25, -0.2) is 9.67 Å². The quantitative estimate of drug-likeness (QED) is 0.393. The van der Waals surface area contributed by atoms with E-state index in [4.69, 9.17) is 16.6 Å². The second kappa shape index (κ2) is 8.03. The minimum atomic E-state index is 0.548. The van der Waals surface area contributed by atoms with Crippen LogP contribution in [0.15, 0.2) is 49.1 Å². The molecule has 1 fully saturated rings. The summed E-state index contributed by atoms with van der Waals surface area (Å²) in [6.45, 7) is 2.54. The van der Waals surface area contributed by atoms with Crippen LogP contribution in [0.4, 0.5) is 0 Å². The number of pyridine rings is 1. The van der Waals surface area contributed by atoms with Crippen molar-refractivity contribution in [2.45, 2.75) is 32.4 Å². The Kier molecular flexibility index (Phi) is 4.88. The molecule has 0 unspecified atom stereocenters. The highest BCUT2D eigenvalue weighted by Gasteiger charge is 2.16. The lowest BCUT2D eigenvalue weighted by atomic mass is 9.85. The van der Waals surface area contributed by atoms with E-state index in [0.29, 0.717) is 11.6 Å². The molecular weight excluding hydrogens is 424 g/mol. The third-order valence-corrected chi connectivity index (χ3v) is 6.57. The molecule has 1 aliphatic carbocycles. The van der Waals surface area contributed by atoms with Gasteiger partial charge < -0.3 is 9.72 Å². The van der Waals surface area contributed by atoms with Crippen LogP contribution in [0.1, 0.15) is 30.5 Å². The number of fused-ring (bicyclic) bond motifs is 2. The number of hydrogen-bond donors (Lipinski definition) is 2. The highest BCUT2D eigenvalue weighted by atomic mass is 35.5. The molecule has 5 aromatic rings. The Morgan fingerprint density at radius 2 is 2.06 bits per heavy atom. The molecule has 8 nitrogen and oxygen atoms in total. The summed E-state index contributed by atoms with van der Waals surface area (Å²) in [5, 5.41) is 20.8. The summed E-state index contributed by atoms with van der Waals surface area (Å²) in [4.78, 5) is 4.74. The van der Waals surface area contributed by atoms with Gasteiger partial charge in [-0.2, -0.15) is 5.10 Å². The van der Waals surface area contributed by atoms with Gasteiger partial charge in [-0.1, -0.05) is 35.4 Å². The van der Waals surface area contributed by atoms with Crippen molar-refractivity contribution >= 4 is 28.2 Å². The molecule has 0 spiro atoms. The number of rotatable bonds is 7. The predicted molar refractivity (Wildman–Crippen MR) is 123 cm³/mol. The minimum absolute atomic E-state index is 0.548. The third kappa shape index (κ3) is 3.65. The van der Waals surface area contributed by atoms with E-state index in [0.717, 1.165) is 52.5 Å². The molecule has 162 valence electrons. The molecule has 4 heterocycles. The topological polar surface area (TPSA) is 88.7 Å². The lowest BCUT2D eigenvalue weighted by Crippen LogP contribution is -2.26. The van der Waals surface area contributed by atoms with Gasteiger partial charge in [-0.3, -0.25) is 5.10 Å². The summed E-state index contributed by atoms with van der Waals surface area (Å²) < 4.78 is 3.89. The lowest BCUT2D eigenvalue weighted by Gasteiger charge is -2.25. The first-order valence-corrected chi connectivity index (χ1v) is 11.3. The SMILES string of the molecule is Clc1ccc(-c2cn(Cc3cn4cc(CNCC5CCC5)ccc4n3)nn2)c2cn[nH]c12. The Morgan fingerprint density at radius 3 is 2.94 bits per heavy atom. The van der Waals surface area contributed by atoms with E-state index >= 15 is 0 Å². The van der Waals surface area contributed by atoms with Crippen molar-refractivity contribution in [3.8, 4) is 11.3 Å². The molecule has 4 aromatic heterocycles. The zero-order valence-electron chi connectivity index (χ0n) is 17.5. The zero-order valence-corrected chi connectivity index (χ0v) is 18.3. The van der Waals surface area contributed by atoms with E-state index in [1.807, 2.05) is 18.3 Å². The third-order valence-electron chi connectivity index (χ3n) is 6.25. The van der Waals surface area contributed by atoms with Crippen LogP contribution >= 0.6 is 11.6 Å². The number of nitrogens with one attached hydrogen (secondary N) is 2. The summed E-state index contributed by atoms with van der Waals surface area (Å²) >= 11 is 6.24. The maximum atomic E-state index is 6.24. The number of hydrogen-bond acceptors (Lipinski definition) is 5. The first-order chi connectivity index (χ1) is 15.7. The van der Waals surface area contributed by atoms with Crippen LogP contribution in [0.2, 0.25) is 5.02 Å². The molecule has 1 aliphatic rings. The monoisotopic (exact) mass is 446 g/mol. The molecule has 2 N–H and O–H groups in total. The molecule has 0 atom stereocenters. The molecule has 0 aliphatic heterocycles. The number of aromatic nitrogens is 7. The fraction of sp³-hybridized carbons (Fsp3) is 0.304. The van der Waals surface area contributed by atoms with Gasteiger partial charge in [0.05, 0.1) is 35.2 Å². The van der Waals surface area contributed by atoms with Gasteiger partial charge in [-0.05, 0) is 43.0 Å². The molecule has 1 saturated carbocycles. The normalized spacial score (nSPS) is 14.4. The maximum absolute atomic E-state index is 6.24. The highest BCUT2D eigenvalue weighted by Crippen LogP contribution is 2.30. The molecule has 0 amide bonds. The lowest BCUT2D eigenvalue weighted by molar-refractivity contribution is 0.301. The van der Waals surface area contributed by atoms with Crippen molar-refractivity contribution < 1.29 is 0 Å². The zero-order chi connectivity index (χ0) is 21.5. The van der Waals surface area contributed by atoms with Crippen molar-refractivity contribution in [1.29, 1.82) is 0 Å². The van der Waals surface area contributed by atoms with Crippen LogP contribution in [-0.4, -0.2) is 41.1 Å². The Morgan fingerprint density at radius 1 is 1.12 bits per heavy atom. The van der Waals surface area contributed by atoms with E-state index in [-0.39, 0.29) is 0 Å². The molecule has 1 aromatic carbocycles. The van der Waals surface area contributed by atoms with Gasteiger partial charge in [-0.15, -0.1) is 5.10 Å². The van der Waals surface area contributed by atoms with E-state index in [1.165, 1.54) is 24.8 Å². The maximum Gasteiger partial charge on any atom is 0.137 e. The van der Waals surface area contributed by atoms with Crippen LogP contribution in [0, 0.1) is 5.92 Å². The first-order valence-electron chi connectivity index (χ1n) is 10.9. The Labute approximate surface area is 189 Å². The molecule has 0 saturated heterocycles. The molecule has 0 radical (unpaired) electrons. The Hall–Kier alpha value is -3.23.